The number of rotatable bonds is 22. The number of benzene rings is 2. The fourth-order valence-electron chi connectivity index (χ4n) is 12.0. The zero-order chi connectivity index (χ0) is 67.0. The second-order valence-electron chi connectivity index (χ2n) is 25.2. The molecular formula is C63H93N5O20P2. The number of phenolic OH excluding ortho intramolecular Hbond substituents is 2. The summed E-state index contributed by atoms with van der Waals surface area (Å²) in [4.78, 5) is 121. The van der Waals surface area contributed by atoms with Crippen molar-refractivity contribution < 1.29 is 96.4 Å². The van der Waals surface area contributed by atoms with Crippen LogP contribution in [0.2, 0.25) is 0 Å². The molecule has 1 amide bonds. The van der Waals surface area contributed by atoms with Crippen LogP contribution >= 0.6 is 15.2 Å². The van der Waals surface area contributed by atoms with Crippen molar-refractivity contribution in [1.29, 1.82) is 0 Å². The molecule has 500 valence electrons. The summed E-state index contributed by atoms with van der Waals surface area (Å²) in [6.07, 6.45) is 6.11. The third kappa shape index (κ3) is 17.8. The number of hydrogen-bond donors (Lipinski definition) is 8. The summed E-state index contributed by atoms with van der Waals surface area (Å²) in [5, 5.41) is 37.9. The molecule has 5 aliphatic heterocycles. The first-order valence-electron chi connectivity index (χ1n) is 30.9. The Morgan fingerprint density at radius 3 is 2.11 bits per heavy atom. The SMILES string of the molecule is C=C(CC)OCOC(=O)CCC(=O)OCCN(CCCCC(P(=O)(O)O)P(=O)(O)O)CC(=O)O[C@@H]1[C@@H](C)[C@@H](O)[C@@H](C)[C@H](C)[C@H](C)[C@@H](C)/C=C/O[C@@]2(C)Oc3c(C)c(O)c4c(O)c(c5c(c4c3C2=O)NC2(CCN(CC(C)C)CC2)N=5)=NC(=O)/C(C)=C\C=C\[C@@H]1C. The quantitative estimate of drug-likeness (QED) is 0.0107. The van der Waals surface area contributed by atoms with E-state index >= 15 is 0 Å². The van der Waals surface area contributed by atoms with Gasteiger partial charge in [-0.1, -0.05) is 93.5 Å². The van der Waals surface area contributed by atoms with Gasteiger partial charge in [-0.05, 0) is 68.9 Å². The van der Waals surface area contributed by atoms with Crippen LogP contribution in [0.1, 0.15) is 143 Å². The lowest BCUT2D eigenvalue weighted by Crippen LogP contribution is -2.47. The maximum Gasteiger partial charge on any atom is 0.340 e. The summed E-state index contributed by atoms with van der Waals surface area (Å²) in [5.74, 6) is -8.08. The molecule has 90 heavy (non-hydrogen) atoms. The van der Waals surface area contributed by atoms with E-state index < -0.39 is 116 Å². The molecule has 5 heterocycles. The molecule has 0 aromatic heterocycles. The second-order valence-corrected chi connectivity index (χ2v) is 29.2. The summed E-state index contributed by atoms with van der Waals surface area (Å²) in [6, 6.07) is 0. The molecule has 1 saturated heterocycles. The Kier molecular flexibility index (Phi) is 24.8. The van der Waals surface area contributed by atoms with Gasteiger partial charge in [0.2, 0.25) is 6.79 Å². The van der Waals surface area contributed by atoms with Crippen molar-refractivity contribution in [2.24, 2.45) is 51.4 Å². The molecule has 5 bridgehead atoms. The number of nitrogens with one attached hydrogen (secondary N) is 1. The highest BCUT2D eigenvalue weighted by Gasteiger charge is 2.51. The van der Waals surface area contributed by atoms with E-state index in [1.807, 2.05) is 27.7 Å². The molecule has 1 spiro atoms. The van der Waals surface area contributed by atoms with Gasteiger partial charge in [0.05, 0.1) is 54.1 Å². The second kappa shape index (κ2) is 30.6. The molecule has 8 N–H and O–H groups in total. The first-order valence-corrected chi connectivity index (χ1v) is 34.2. The maximum atomic E-state index is 14.9. The van der Waals surface area contributed by atoms with Crippen molar-refractivity contribution >= 4 is 61.2 Å². The normalized spacial score (nSPS) is 26.2. The third-order valence-electron chi connectivity index (χ3n) is 18.0. The largest absolute Gasteiger partial charge is 0.507 e. The Hall–Kier alpha value is -6.01. The number of Topliss-reactive ketones (excluding diaryl/α,β-unsaturated/α-hetero) is 1. The fraction of sp³-hybridized carbons (Fsp3) is 0.635. The van der Waals surface area contributed by atoms with Gasteiger partial charge >= 0.3 is 38.9 Å². The van der Waals surface area contributed by atoms with Gasteiger partial charge in [-0.2, -0.15) is 0 Å². The average Bonchev–Trinajstić information content (AvgIpc) is 1.52. The van der Waals surface area contributed by atoms with Crippen molar-refractivity contribution in [3.8, 4) is 17.2 Å². The van der Waals surface area contributed by atoms with Gasteiger partial charge in [0, 0.05) is 80.7 Å². The van der Waals surface area contributed by atoms with E-state index in [0.717, 1.165) is 6.54 Å². The molecule has 1 fully saturated rings. The van der Waals surface area contributed by atoms with Crippen molar-refractivity contribution in [1.82, 2.24) is 9.80 Å². The highest BCUT2D eigenvalue weighted by molar-refractivity contribution is 7.70. The molecule has 0 unspecified atom stereocenters. The summed E-state index contributed by atoms with van der Waals surface area (Å²) in [7, 11) is -10.4. The molecule has 2 aromatic carbocycles. The lowest BCUT2D eigenvalue weighted by Gasteiger charge is -2.38. The molecule has 0 saturated carbocycles. The monoisotopic (exact) mass is 1300 g/mol. The molecule has 7 rings (SSSR count). The number of aliphatic hydroxyl groups excluding tert-OH is 1. The molecule has 2 aromatic rings. The lowest BCUT2D eigenvalue weighted by atomic mass is 9.72. The minimum atomic E-state index is -5.22. The van der Waals surface area contributed by atoms with E-state index in [-0.39, 0.29) is 120 Å². The Labute approximate surface area is 526 Å². The number of unbranched alkanes of at least 4 members (excludes halogenated alkanes) is 1. The highest BCUT2D eigenvalue weighted by Crippen LogP contribution is 2.61. The van der Waals surface area contributed by atoms with Gasteiger partial charge in [0.15, 0.2) is 11.1 Å². The summed E-state index contributed by atoms with van der Waals surface area (Å²) in [6.45, 7) is 26.6. The number of amides is 1. The molecule has 0 radical (unpaired) electrons. The standard InChI is InChI=1S/C63H93N5O20P2/c1-14-39(7)84-34-85-46(70)22-21-45(69)83-31-29-67(26-16-15-20-48(89(77,78)79)90(80,81)82)33-47(71)87-58-37(5)18-17-19-38(6)61(76)64-54-53-52(65-63(66-53)24-27-68(28-25-63)32-35(2)3)49-50(57(54)74)56(73)44(12)59-51(49)60(75)62(13,88-59)86-30-23-36(4)40(8)41(9)42(10)55(72)43(58)11/h17-19,23,30,35-37,40-43,48,55,58,65,72-74H,7,14-16,20-22,24-29,31-34H2,1-6,8-13H3,(H2,77,78,79)(H2,80,81,82)/b18-17+,30-23+,38-19-,64-54?/t36-,37-,40+,41+,42-,43-,55-,58-,62-/m0/s1. The smallest absolute Gasteiger partial charge is 0.340 e. The lowest BCUT2D eigenvalue weighted by molar-refractivity contribution is -0.160. The van der Waals surface area contributed by atoms with E-state index in [1.54, 1.807) is 45.9 Å². The number of anilines is 1. The Morgan fingerprint density at radius 2 is 1.49 bits per heavy atom. The maximum absolute atomic E-state index is 14.9. The minimum absolute atomic E-state index is 0.00361. The number of fused-ring (bicyclic) bond motifs is 13. The number of nitrogens with zero attached hydrogens (tertiary/aromatic N) is 4. The van der Waals surface area contributed by atoms with Gasteiger partial charge in [-0.15, -0.1) is 0 Å². The van der Waals surface area contributed by atoms with E-state index in [4.69, 9.17) is 33.4 Å². The minimum Gasteiger partial charge on any atom is -0.507 e. The summed E-state index contributed by atoms with van der Waals surface area (Å²) < 4.78 is 58.5. The Balaban J connectivity index is 1.35. The number of aliphatic hydroxyl groups is 1. The van der Waals surface area contributed by atoms with Crippen LogP contribution < -0.4 is 20.8 Å². The van der Waals surface area contributed by atoms with Gasteiger partial charge < -0.3 is 73.5 Å². The van der Waals surface area contributed by atoms with E-state index in [1.165, 1.54) is 31.1 Å². The number of esters is 3. The summed E-state index contributed by atoms with van der Waals surface area (Å²) in [5.41, 5.74) is -0.338. The Morgan fingerprint density at radius 1 is 0.844 bits per heavy atom. The summed E-state index contributed by atoms with van der Waals surface area (Å²) >= 11 is 0. The van der Waals surface area contributed by atoms with Crippen LogP contribution in [0.15, 0.2) is 58.5 Å². The number of phenols is 2. The molecular weight excluding hydrogens is 1210 g/mol. The van der Waals surface area contributed by atoms with Crippen LogP contribution in [0, 0.1) is 48.3 Å². The van der Waals surface area contributed by atoms with Crippen LogP contribution in [-0.2, 0) is 52.0 Å². The number of carbonyl (C=O) groups excluding carboxylic acids is 5. The van der Waals surface area contributed by atoms with Crippen LogP contribution in [-0.4, -0.2) is 156 Å². The predicted molar refractivity (Wildman–Crippen MR) is 333 cm³/mol. The van der Waals surface area contributed by atoms with Crippen LogP contribution in [0.3, 0.4) is 0 Å². The number of ketones is 1. The van der Waals surface area contributed by atoms with E-state index in [2.05, 4.69) is 35.6 Å². The zero-order valence-electron chi connectivity index (χ0n) is 53.8. The number of hydrogen-bond acceptors (Lipinski definition) is 20. The third-order valence-corrected chi connectivity index (χ3v) is 21.9. The fourth-order valence-corrected chi connectivity index (χ4v) is 14.6. The number of aromatic hydroxyl groups is 2. The molecule has 5 aliphatic rings. The highest BCUT2D eigenvalue weighted by atomic mass is 31.2. The van der Waals surface area contributed by atoms with Crippen LogP contribution in [0.5, 0.6) is 17.2 Å². The van der Waals surface area contributed by atoms with Gasteiger partial charge in [0.1, 0.15) is 40.6 Å². The van der Waals surface area contributed by atoms with Crippen molar-refractivity contribution in [3.05, 3.63) is 70.3 Å². The zero-order valence-corrected chi connectivity index (χ0v) is 55.6. The Bertz CT molecular complexity index is 3310. The molecule has 25 nitrogen and oxygen atoms in total. The van der Waals surface area contributed by atoms with Crippen LogP contribution in [0.25, 0.3) is 10.8 Å². The number of likely N-dealkylation sites (tertiary alicyclic amines) is 1. The topological polar surface area (TPSA) is 360 Å². The molecule has 0 aliphatic carbocycles. The molecule has 9 atom stereocenters. The van der Waals surface area contributed by atoms with Crippen LogP contribution in [0.4, 0.5) is 5.69 Å². The number of carbonyl (C=O) groups is 5. The average molecular weight is 1300 g/mol. The van der Waals surface area contributed by atoms with Crippen molar-refractivity contribution in [2.75, 3.05) is 58.0 Å². The first kappa shape index (κ1) is 73.0. The number of ether oxygens (including phenoxy) is 6. The van der Waals surface area contributed by atoms with Gasteiger partial charge in [0.25, 0.3) is 11.7 Å². The predicted octanol–water partition coefficient (Wildman–Crippen LogP) is 7.54. The van der Waals surface area contributed by atoms with Crippen molar-refractivity contribution in [2.45, 2.75) is 164 Å². The van der Waals surface area contributed by atoms with E-state index in [9.17, 15) is 68.0 Å². The van der Waals surface area contributed by atoms with Gasteiger partial charge in [-0.3, -0.25) is 43.0 Å². The van der Waals surface area contributed by atoms with E-state index in [0.29, 0.717) is 44.0 Å². The number of piperidine rings is 1. The molecule has 27 heteroatoms. The van der Waals surface area contributed by atoms with Gasteiger partial charge in [-0.25, -0.2) is 4.99 Å². The van der Waals surface area contributed by atoms with Crippen molar-refractivity contribution in [3.63, 3.8) is 0 Å². The first-order chi connectivity index (χ1) is 42.0. The number of allylic oxidation sites excluding steroid dienone is 4.